The lowest BCUT2D eigenvalue weighted by atomic mass is 9.87. The summed E-state index contributed by atoms with van der Waals surface area (Å²) in [7, 11) is 0. The van der Waals surface area contributed by atoms with E-state index < -0.39 is 11.6 Å². The molecular formula is C22H28F2S. The maximum Gasteiger partial charge on any atom is 0.123 e. The van der Waals surface area contributed by atoms with E-state index in [1.165, 1.54) is 42.6 Å². The lowest BCUT2D eigenvalue weighted by Gasteiger charge is -2.27. The molecule has 0 heterocycles. The smallest absolute Gasteiger partial charge is 0.123 e. The molecule has 0 aliphatic heterocycles. The average Bonchev–Trinajstić information content (AvgIpc) is 2.66. The Morgan fingerprint density at radius 3 is 1.76 bits per heavy atom. The van der Waals surface area contributed by atoms with Crippen molar-refractivity contribution in [3.8, 4) is 0 Å². The number of thioether (sulfide) groups is 1. The van der Waals surface area contributed by atoms with Gasteiger partial charge in [0.2, 0.25) is 0 Å². The molecule has 136 valence electrons. The van der Waals surface area contributed by atoms with Gasteiger partial charge in [-0.2, -0.15) is 0 Å². The Morgan fingerprint density at radius 2 is 1.32 bits per heavy atom. The lowest BCUT2D eigenvalue weighted by molar-refractivity contribution is 0.356. The molecular weight excluding hydrogens is 334 g/mol. The zero-order valence-corrected chi connectivity index (χ0v) is 16.0. The molecule has 0 spiro atoms. The Kier molecular flexibility index (Phi) is 8.47. The van der Waals surface area contributed by atoms with Crippen molar-refractivity contribution in [2.75, 3.05) is 0 Å². The van der Waals surface area contributed by atoms with E-state index in [1.807, 2.05) is 0 Å². The number of hydrogen-bond donors (Lipinski definition) is 0. The zero-order chi connectivity index (χ0) is 18.1. The van der Waals surface area contributed by atoms with Gasteiger partial charge in [-0.25, -0.2) is 8.78 Å². The summed E-state index contributed by atoms with van der Waals surface area (Å²) in [5.41, 5.74) is 1.45. The number of aryl methyl sites for hydroxylation is 1. The average molecular weight is 363 g/mol. The molecule has 3 rings (SSSR count). The van der Waals surface area contributed by atoms with Gasteiger partial charge in [-0.15, -0.1) is 11.8 Å². The minimum absolute atomic E-state index is 0.411. The topological polar surface area (TPSA) is 0 Å². The van der Waals surface area contributed by atoms with Gasteiger partial charge in [0, 0.05) is 10.1 Å². The Balaban J connectivity index is 0.000000236. The van der Waals surface area contributed by atoms with Crippen LogP contribution in [0, 0.1) is 17.6 Å². The molecule has 0 N–H and O–H groups in total. The van der Waals surface area contributed by atoms with Crippen molar-refractivity contribution >= 4 is 11.8 Å². The molecule has 1 saturated carbocycles. The van der Waals surface area contributed by atoms with Gasteiger partial charge in [-0.05, 0) is 80.0 Å². The van der Waals surface area contributed by atoms with Crippen molar-refractivity contribution in [2.45, 2.75) is 62.5 Å². The van der Waals surface area contributed by atoms with Crippen LogP contribution in [-0.4, -0.2) is 5.25 Å². The quantitative estimate of drug-likeness (QED) is 0.551. The molecule has 0 atom stereocenters. The first-order valence-corrected chi connectivity index (χ1v) is 10.1. The highest BCUT2D eigenvalue weighted by molar-refractivity contribution is 8.00. The van der Waals surface area contributed by atoms with Crippen molar-refractivity contribution in [3.63, 3.8) is 0 Å². The van der Waals surface area contributed by atoms with Gasteiger partial charge in [0.05, 0.1) is 0 Å². The summed E-state index contributed by atoms with van der Waals surface area (Å²) in [5.74, 6) is 0.187. The molecule has 25 heavy (non-hydrogen) atoms. The van der Waals surface area contributed by atoms with Crippen LogP contribution in [0.4, 0.5) is 8.78 Å². The number of benzene rings is 2. The third kappa shape index (κ3) is 7.19. The first-order valence-electron chi connectivity index (χ1n) is 9.27. The molecule has 0 bridgehead atoms. The van der Waals surface area contributed by atoms with Gasteiger partial charge in [0.25, 0.3) is 0 Å². The first-order chi connectivity index (χ1) is 12.1. The molecule has 0 radical (unpaired) electrons. The van der Waals surface area contributed by atoms with E-state index in [2.05, 4.69) is 49.9 Å². The van der Waals surface area contributed by atoms with Crippen LogP contribution in [0.5, 0.6) is 0 Å². The van der Waals surface area contributed by atoms with E-state index in [9.17, 15) is 8.78 Å². The van der Waals surface area contributed by atoms with E-state index in [0.717, 1.165) is 41.9 Å². The van der Waals surface area contributed by atoms with E-state index in [-0.39, 0.29) is 0 Å². The Labute approximate surface area is 155 Å². The molecule has 0 unspecified atom stereocenters. The van der Waals surface area contributed by atoms with Crippen molar-refractivity contribution in [3.05, 3.63) is 65.7 Å². The van der Waals surface area contributed by atoms with Crippen molar-refractivity contribution in [1.82, 2.24) is 0 Å². The van der Waals surface area contributed by atoms with Crippen LogP contribution in [0.2, 0.25) is 0 Å². The summed E-state index contributed by atoms with van der Waals surface area (Å²) < 4.78 is 23.8. The van der Waals surface area contributed by atoms with Crippen LogP contribution in [0.15, 0.2) is 53.4 Å². The zero-order valence-electron chi connectivity index (χ0n) is 15.2. The van der Waals surface area contributed by atoms with E-state index in [1.54, 1.807) is 0 Å². The molecule has 1 aliphatic rings. The predicted molar refractivity (Wildman–Crippen MR) is 104 cm³/mol. The van der Waals surface area contributed by atoms with Gasteiger partial charge < -0.3 is 0 Å². The molecule has 2 aromatic carbocycles. The van der Waals surface area contributed by atoms with Crippen LogP contribution in [0.3, 0.4) is 0 Å². The molecule has 1 aliphatic carbocycles. The maximum absolute atomic E-state index is 11.9. The standard InChI is InChI=1S/C16H24S.C6H4F2/c1-3-13-5-9-15(10-6-13)17-16-11-7-14(4-2)8-12-16;7-5-1-2-6(8)4-3-5/h5-6,9-10,14,16H,3-4,7-8,11-12H2,1-2H3;1-4H. The monoisotopic (exact) mass is 362 g/mol. The fourth-order valence-corrected chi connectivity index (χ4v) is 4.27. The highest BCUT2D eigenvalue weighted by Gasteiger charge is 2.20. The first kappa shape index (κ1) is 20.0. The fraction of sp³-hybridized carbons (Fsp3) is 0.455. The van der Waals surface area contributed by atoms with Crippen LogP contribution < -0.4 is 0 Å². The van der Waals surface area contributed by atoms with Gasteiger partial charge >= 0.3 is 0 Å². The third-order valence-electron chi connectivity index (χ3n) is 4.81. The maximum atomic E-state index is 11.9. The molecule has 0 nitrogen and oxygen atoms in total. The molecule has 2 aromatic rings. The van der Waals surface area contributed by atoms with Crippen LogP contribution >= 0.6 is 11.8 Å². The minimum Gasteiger partial charge on any atom is -0.207 e. The summed E-state index contributed by atoms with van der Waals surface area (Å²) in [5, 5.41) is 0.866. The highest BCUT2D eigenvalue weighted by atomic mass is 32.2. The summed E-state index contributed by atoms with van der Waals surface area (Å²) in [6.45, 7) is 4.55. The summed E-state index contributed by atoms with van der Waals surface area (Å²) in [4.78, 5) is 1.46. The molecule has 3 heteroatoms. The van der Waals surface area contributed by atoms with Gasteiger partial charge in [-0.1, -0.05) is 32.4 Å². The van der Waals surface area contributed by atoms with Gasteiger partial charge in [0.1, 0.15) is 11.6 Å². The van der Waals surface area contributed by atoms with Gasteiger partial charge in [0.15, 0.2) is 0 Å². The van der Waals surface area contributed by atoms with E-state index >= 15 is 0 Å². The highest BCUT2D eigenvalue weighted by Crippen LogP contribution is 2.36. The fourth-order valence-electron chi connectivity index (χ4n) is 3.08. The van der Waals surface area contributed by atoms with Gasteiger partial charge in [-0.3, -0.25) is 0 Å². The Bertz CT molecular complexity index is 578. The van der Waals surface area contributed by atoms with Crippen LogP contribution in [-0.2, 0) is 6.42 Å². The van der Waals surface area contributed by atoms with Crippen LogP contribution in [0.1, 0.15) is 51.5 Å². The molecule has 0 saturated heterocycles. The number of hydrogen-bond acceptors (Lipinski definition) is 1. The normalized spacial score (nSPS) is 19.8. The van der Waals surface area contributed by atoms with Crippen LogP contribution in [0.25, 0.3) is 0 Å². The molecule has 0 aromatic heterocycles. The predicted octanol–water partition coefficient (Wildman–Crippen LogP) is 7.27. The second kappa shape index (κ2) is 10.6. The van der Waals surface area contributed by atoms with Crippen molar-refractivity contribution in [1.29, 1.82) is 0 Å². The Hall–Kier alpha value is -1.35. The summed E-state index contributed by atoms with van der Waals surface area (Å²) >= 11 is 2.10. The second-order valence-electron chi connectivity index (χ2n) is 6.60. The van der Waals surface area contributed by atoms with Crippen molar-refractivity contribution in [2.24, 2.45) is 5.92 Å². The SMILES string of the molecule is CCc1ccc(SC2CCC(CC)CC2)cc1.Fc1ccc(F)cc1. The number of halogens is 2. The van der Waals surface area contributed by atoms with E-state index in [4.69, 9.17) is 0 Å². The molecule has 1 fully saturated rings. The summed E-state index contributed by atoms with van der Waals surface area (Å²) in [6, 6.07) is 13.5. The second-order valence-corrected chi connectivity index (χ2v) is 7.98. The third-order valence-corrected chi connectivity index (χ3v) is 6.16. The van der Waals surface area contributed by atoms with E-state index in [0.29, 0.717) is 0 Å². The van der Waals surface area contributed by atoms with Crippen molar-refractivity contribution < 1.29 is 8.78 Å². The minimum atomic E-state index is -0.411. The molecule has 0 amide bonds. The lowest BCUT2D eigenvalue weighted by Crippen LogP contribution is -2.15. The number of rotatable bonds is 4. The summed E-state index contributed by atoms with van der Waals surface area (Å²) in [6.07, 6.45) is 8.25. The largest absolute Gasteiger partial charge is 0.207 e. The Morgan fingerprint density at radius 1 is 0.800 bits per heavy atom.